The van der Waals surface area contributed by atoms with E-state index in [-0.39, 0.29) is 0 Å². The minimum Gasteiger partial charge on any atom is -0.508 e. The van der Waals surface area contributed by atoms with E-state index in [1.54, 1.807) is 6.07 Å². The number of hydrogen-bond donors (Lipinski definition) is 1. The van der Waals surface area contributed by atoms with Gasteiger partial charge in [-0.3, -0.25) is 0 Å². The monoisotopic (exact) mass is 224 g/mol. The SMILES string of the molecule is CCCc1cccc2c1-c1cc(O)ccc1C2. The topological polar surface area (TPSA) is 20.2 Å². The van der Waals surface area contributed by atoms with E-state index in [4.69, 9.17) is 0 Å². The molecule has 3 rings (SSSR count). The normalized spacial score (nSPS) is 12.3. The van der Waals surface area contributed by atoms with E-state index in [1.807, 2.05) is 12.1 Å². The summed E-state index contributed by atoms with van der Waals surface area (Å²) in [7, 11) is 0. The molecule has 1 N–H and O–H groups in total. The first-order valence-corrected chi connectivity index (χ1v) is 6.22. The molecule has 0 heterocycles. The summed E-state index contributed by atoms with van der Waals surface area (Å²) in [4.78, 5) is 0. The lowest BCUT2D eigenvalue weighted by atomic mass is 9.96. The maximum Gasteiger partial charge on any atom is 0.116 e. The molecule has 0 aromatic heterocycles. The van der Waals surface area contributed by atoms with Crippen LogP contribution in [0.5, 0.6) is 5.75 Å². The van der Waals surface area contributed by atoms with E-state index in [1.165, 1.54) is 27.8 Å². The van der Waals surface area contributed by atoms with Crippen molar-refractivity contribution in [2.24, 2.45) is 0 Å². The fourth-order valence-electron chi connectivity index (χ4n) is 2.78. The van der Waals surface area contributed by atoms with Gasteiger partial charge in [-0.15, -0.1) is 0 Å². The number of hydrogen-bond acceptors (Lipinski definition) is 1. The average Bonchev–Trinajstić information content (AvgIpc) is 2.68. The van der Waals surface area contributed by atoms with E-state index in [0.717, 1.165) is 19.3 Å². The third kappa shape index (κ3) is 1.62. The molecule has 1 aliphatic carbocycles. The van der Waals surface area contributed by atoms with Gasteiger partial charge in [0.05, 0.1) is 0 Å². The van der Waals surface area contributed by atoms with Crippen molar-refractivity contribution in [2.75, 3.05) is 0 Å². The van der Waals surface area contributed by atoms with Gasteiger partial charge >= 0.3 is 0 Å². The van der Waals surface area contributed by atoms with Gasteiger partial charge in [0, 0.05) is 0 Å². The van der Waals surface area contributed by atoms with Crippen molar-refractivity contribution in [3.8, 4) is 16.9 Å². The van der Waals surface area contributed by atoms with Gasteiger partial charge in [0.15, 0.2) is 0 Å². The van der Waals surface area contributed by atoms with Crippen molar-refractivity contribution >= 4 is 0 Å². The lowest BCUT2D eigenvalue weighted by molar-refractivity contribution is 0.475. The molecule has 1 nitrogen and oxygen atoms in total. The molecule has 0 atom stereocenters. The van der Waals surface area contributed by atoms with Crippen LogP contribution >= 0.6 is 0 Å². The van der Waals surface area contributed by atoms with Gasteiger partial charge in [0.1, 0.15) is 5.75 Å². The Morgan fingerprint density at radius 2 is 2.00 bits per heavy atom. The Kier molecular flexibility index (Phi) is 2.40. The van der Waals surface area contributed by atoms with Crippen LogP contribution in [0.2, 0.25) is 0 Å². The smallest absolute Gasteiger partial charge is 0.116 e. The summed E-state index contributed by atoms with van der Waals surface area (Å²) in [6.07, 6.45) is 3.27. The van der Waals surface area contributed by atoms with Crippen molar-refractivity contribution in [2.45, 2.75) is 26.2 Å². The molecule has 0 fully saturated rings. The third-order valence-corrected chi connectivity index (χ3v) is 3.50. The van der Waals surface area contributed by atoms with Crippen LogP contribution < -0.4 is 0 Å². The van der Waals surface area contributed by atoms with Crippen molar-refractivity contribution < 1.29 is 5.11 Å². The lowest BCUT2D eigenvalue weighted by Crippen LogP contribution is -1.89. The molecule has 86 valence electrons. The second kappa shape index (κ2) is 3.92. The molecular weight excluding hydrogens is 208 g/mol. The molecule has 1 aliphatic rings. The van der Waals surface area contributed by atoms with E-state index < -0.39 is 0 Å². The molecule has 0 bridgehead atoms. The largest absolute Gasteiger partial charge is 0.508 e. The third-order valence-electron chi connectivity index (χ3n) is 3.50. The van der Waals surface area contributed by atoms with E-state index in [9.17, 15) is 5.11 Å². The highest BCUT2D eigenvalue weighted by Crippen LogP contribution is 2.40. The molecule has 2 aromatic carbocycles. The summed E-state index contributed by atoms with van der Waals surface area (Å²) in [6.45, 7) is 2.21. The summed E-state index contributed by atoms with van der Waals surface area (Å²) < 4.78 is 0. The molecule has 2 aromatic rings. The zero-order valence-electron chi connectivity index (χ0n) is 10.0. The predicted molar refractivity (Wildman–Crippen MR) is 70.3 cm³/mol. The standard InChI is InChI=1S/C16H16O/c1-2-4-11-5-3-6-13-9-12-7-8-14(17)10-15(12)16(11)13/h3,5-8,10,17H,2,4,9H2,1H3. The highest BCUT2D eigenvalue weighted by molar-refractivity contribution is 5.80. The van der Waals surface area contributed by atoms with Crippen molar-refractivity contribution in [1.29, 1.82) is 0 Å². The molecule has 0 amide bonds. The van der Waals surface area contributed by atoms with Gasteiger partial charge in [-0.2, -0.15) is 0 Å². The Bertz CT molecular complexity index is 570. The van der Waals surface area contributed by atoms with Crippen LogP contribution in [0.15, 0.2) is 36.4 Å². The molecular formula is C16H16O. The number of aromatic hydroxyl groups is 1. The van der Waals surface area contributed by atoms with Crippen LogP contribution in [0.1, 0.15) is 30.0 Å². The first-order valence-electron chi connectivity index (χ1n) is 6.22. The highest BCUT2D eigenvalue weighted by atomic mass is 16.3. The fourth-order valence-corrected chi connectivity index (χ4v) is 2.78. The number of aryl methyl sites for hydroxylation is 1. The van der Waals surface area contributed by atoms with Gasteiger partial charge in [0.2, 0.25) is 0 Å². The number of phenols is 1. The van der Waals surface area contributed by atoms with Crippen LogP contribution in [0, 0.1) is 0 Å². The summed E-state index contributed by atoms with van der Waals surface area (Å²) in [5, 5.41) is 9.64. The molecule has 0 saturated carbocycles. The van der Waals surface area contributed by atoms with Crippen molar-refractivity contribution in [3.05, 3.63) is 53.1 Å². The van der Waals surface area contributed by atoms with E-state index in [2.05, 4.69) is 25.1 Å². The second-order valence-electron chi connectivity index (χ2n) is 4.72. The quantitative estimate of drug-likeness (QED) is 0.699. The second-order valence-corrected chi connectivity index (χ2v) is 4.72. The number of rotatable bonds is 2. The summed E-state index contributed by atoms with van der Waals surface area (Å²) in [5.74, 6) is 0.364. The Morgan fingerprint density at radius 3 is 2.82 bits per heavy atom. The average molecular weight is 224 g/mol. The van der Waals surface area contributed by atoms with Crippen molar-refractivity contribution in [1.82, 2.24) is 0 Å². The Morgan fingerprint density at radius 1 is 1.12 bits per heavy atom. The zero-order valence-corrected chi connectivity index (χ0v) is 10.0. The Hall–Kier alpha value is -1.76. The molecule has 0 unspecified atom stereocenters. The first kappa shape index (κ1) is 10.4. The maximum atomic E-state index is 9.64. The highest BCUT2D eigenvalue weighted by Gasteiger charge is 2.20. The molecule has 0 saturated heterocycles. The Labute approximate surface area is 102 Å². The summed E-state index contributed by atoms with van der Waals surface area (Å²) in [5.41, 5.74) is 6.73. The number of phenolic OH excluding ortho intramolecular Hbond substituents is 1. The van der Waals surface area contributed by atoms with E-state index in [0.29, 0.717) is 5.75 Å². The van der Waals surface area contributed by atoms with Gasteiger partial charge in [-0.1, -0.05) is 37.6 Å². The number of fused-ring (bicyclic) bond motifs is 3. The van der Waals surface area contributed by atoms with Gasteiger partial charge in [-0.25, -0.2) is 0 Å². The molecule has 0 aliphatic heterocycles. The lowest BCUT2D eigenvalue weighted by Gasteiger charge is -2.08. The first-order chi connectivity index (χ1) is 8.29. The van der Waals surface area contributed by atoms with Crippen LogP contribution in [0.4, 0.5) is 0 Å². The Balaban J connectivity index is 2.21. The predicted octanol–water partition coefficient (Wildman–Crippen LogP) is 3.92. The molecule has 1 heteroatoms. The van der Waals surface area contributed by atoms with Gasteiger partial charge in [0.25, 0.3) is 0 Å². The molecule has 0 spiro atoms. The van der Waals surface area contributed by atoms with Crippen LogP contribution in [0.25, 0.3) is 11.1 Å². The maximum absolute atomic E-state index is 9.64. The van der Waals surface area contributed by atoms with Gasteiger partial charge in [-0.05, 0) is 52.8 Å². The van der Waals surface area contributed by atoms with Gasteiger partial charge < -0.3 is 5.11 Å². The molecule has 0 radical (unpaired) electrons. The summed E-state index contributed by atoms with van der Waals surface area (Å²) in [6, 6.07) is 12.3. The van der Waals surface area contributed by atoms with Crippen LogP contribution in [0.3, 0.4) is 0 Å². The molecule has 17 heavy (non-hydrogen) atoms. The van der Waals surface area contributed by atoms with Crippen molar-refractivity contribution in [3.63, 3.8) is 0 Å². The minimum atomic E-state index is 0.364. The zero-order chi connectivity index (χ0) is 11.8. The fraction of sp³-hybridized carbons (Fsp3) is 0.250. The summed E-state index contributed by atoms with van der Waals surface area (Å²) >= 11 is 0. The minimum absolute atomic E-state index is 0.364. The van der Waals surface area contributed by atoms with Crippen LogP contribution in [-0.2, 0) is 12.8 Å². The number of benzene rings is 2. The van der Waals surface area contributed by atoms with Crippen LogP contribution in [-0.4, -0.2) is 5.11 Å². The van der Waals surface area contributed by atoms with E-state index >= 15 is 0 Å².